The highest BCUT2D eigenvalue weighted by Gasteiger charge is 2.09. The van der Waals surface area contributed by atoms with Crippen LogP contribution in [0.5, 0.6) is 0 Å². The molecule has 0 aliphatic rings. The quantitative estimate of drug-likeness (QED) is 0.819. The highest BCUT2D eigenvalue weighted by molar-refractivity contribution is 6.03. The molecule has 0 aromatic carbocycles. The Kier molecular flexibility index (Phi) is 2.95. The second-order valence-corrected chi connectivity index (χ2v) is 3.32. The molecule has 0 saturated heterocycles. The lowest BCUT2D eigenvalue weighted by Crippen LogP contribution is -2.13. The molecule has 2 rings (SSSR count). The first-order valence-corrected chi connectivity index (χ1v) is 5.05. The van der Waals surface area contributed by atoms with Crippen LogP contribution in [0.15, 0.2) is 30.7 Å². The van der Waals surface area contributed by atoms with Crippen molar-refractivity contribution in [2.75, 3.05) is 5.32 Å². The Morgan fingerprint density at radius 2 is 2.38 bits per heavy atom. The molecule has 2 heterocycles. The zero-order valence-corrected chi connectivity index (χ0v) is 8.90. The van der Waals surface area contributed by atoms with E-state index in [0.717, 1.165) is 12.0 Å². The highest BCUT2D eigenvalue weighted by atomic mass is 16.1. The second kappa shape index (κ2) is 4.57. The summed E-state index contributed by atoms with van der Waals surface area (Å²) in [7, 11) is 0. The van der Waals surface area contributed by atoms with Gasteiger partial charge in [0.15, 0.2) is 0 Å². The molecule has 2 aromatic heterocycles. The summed E-state index contributed by atoms with van der Waals surface area (Å²) in [6.45, 7) is 2.00. The van der Waals surface area contributed by atoms with Crippen LogP contribution in [0.1, 0.15) is 22.8 Å². The minimum Gasteiger partial charge on any atom is -0.307 e. The molecule has 0 aliphatic carbocycles. The molecule has 0 atom stereocenters. The van der Waals surface area contributed by atoms with Gasteiger partial charge in [0.2, 0.25) is 0 Å². The van der Waals surface area contributed by atoms with Gasteiger partial charge in [-0.05, 0) is 18.6 Å². The number of nitrogens with one attached hydrogen (secondary N) is 2. The molecule has 0 spiro atoms. The van der Waals surface area contributed by atoms with E-state index in [1.807, 2.05) is 6.92 Å². The van der Waals surface area contributed by atoms with Crippen molar-refractivity contribution < 1.29 is 4.79 Å². The summed E-state index contributed by atoms with van der Waals surface area (Å²) in [4.78, 5) is 15.7. The average Bonchev–Trinajstić information content (AvgIpc) is 2.77. The van der Waals surface area contributed by atoms with Crippen LogP contribution in [-0.2, 0) is 6.42 Å². The van der Waals surface area contributed by atoms with Crippen LogP contribution in [-0.4, -0.2) is 21.1 Å². The lowest BCUT2D eigenvalue weighted by molar-refractivity contribution is 0.102. The summed E-state index contributed by atoms with van der Waals surface area (Å²) in [6, 6.07) is 3.44. The number of amides is 1. The third-order valence-electron chi connectivity index (χ3n) is 2.26. The molecule has 0 bridgehead atoms. The summed E-state index contributed by atoms with van der Waals surface area (Å²) in [5.74, 6) is 0.461. The minimum atomic E-state index is -0.188. The lowest BCUT2D eigenvalue weighted by Gasteiger charge is -2.03. The van der Waals surface area contributed by atoms with E-state index in [9.17, 15) is 4.79 Å². The lowest BCUT2D eigenvalue weighted by atomic mass is 10.2. The van der Waals surface area contributed by atoms with E-state index in [1.54, 1.807) is 24.5 Å². The summed E-state index contributed by atoms with van der Waals surface area (Å²) >= 11 is 0. The normalized spacial score (nSPS) is 10.1. The SMILES string of the molecule is CCc1cn[nH]c1NC(=O)c1cccnc1. The molecular weight excluding hydrogens is 204 g/mol. The number of hydrogen-bond donors (Lipinski definition) is 2. The third kappa shape index (κ3) is 2.08. The monoisotopic (exact) mass is 216 g/mol. The fraction of sp³-hybridized carbons (Fsp3) is 0.182. The van der Waals surface area contributed by atoms with Gasteiger partial charge >= 0.3 is 0 Å². The van der Waals surface area contributed by atoms with Gasteiger partial charge < -0.3 is 5.32 Å². The number of rotatable bonds is 3. The van der Waals surface area contributed by atoms with Gasteiger partial charge in [-0.2, -0.15) is 5.10 Å². The van der Waals surface area contributed by atoms with Crippen LogP contribution in [0.25, 0.3) is 0 Å². The van der Waals surface area contributed by atoms with E-state index < -0.39 is 0 Å². The highest BCUT2D eigenvalue weighted by Crippen LogP contribution is 2.12. The van der Waals surface area contributed by atoms with Gasteiger partial charge in [0.05, 0.1) is 11.8 Å². The Balaban J connectivity index is 2.14. The van der Waals surface area contributed by atoms with E-state index in [2.05, 4.69) is 20.5 Å². The van der Waals surface area contributed by atoms with Crippen LogP contribution in [0.4, 0.5) is 5.82 Å². The second-order valence-electron chi connectivity index (χ2n) is 3.32. The van der Waals surface area contributed by atoms with Gasteiger partial charge in [0.25, 0.3) is 5.91 Å². The number of aromatic nitrogens is 3. The Morgan fingerprint density at radius 3 is 3.06 bits per heavy atom. The van der Waals surface area contributed by atoms with E-state index in [1.165, 1.54) is 6.20 Å². The molecule has 2 N–H and O–H groups in total. The number of H-pyrrole nitrogens is 1. The van der Waals surface area contributed by atoms with Gasteiger partial charge in [0.1, 0.15) is 5.82 Å². The van der Waals surface area contributed by atoms with Gasteiger partial charge in [-0.1, -0.05) is 6.92 Å². The molecule has 0 fully saturated rings. The zero-order chi connectivity index (χ0) is 11.4. The number of anilines is 1. The molecule has 0 aliphatic heterocycles. The van der Waals surface area contributed by atoms with Crippen molar-refractivity contribution in [1.82, 2.24) is 15.2 Å². The Labute approximate surface area is 92.9 Å². The number of carbonyl (C=O) groups excluding carboxylic acids is 1. The van der Waals surface area contributed by atoms with Crippen molar-refractivity contribution in [3.63, 3.8) is 0 Å². The molecule has 0 unspecified atom stereocenters. The standard InChI is InChI=1S/C11H12N4O/c1-2-8-7-13-15-10(8)14-11(16)9-4-3-5-12-6-9/h3-7H,2H2,1H3,(H2,13,14,15,16). The van der Waals surface area contributed by atoms with Crippen molar-refractivity contribution in [3.05, 3.63) is 41.9 Å². The maximum atomic E-state index is 11.8. The van der Waals surface area contributed by atoms with Crippen LogP contribution in [0.2, 0.25) is 0 Å². The van der Waals surface area contributed by atoms with Gasteiger partial charge in [-0.15, -0.1) is 0 Å². The van der Waals surface area contributed by atoms with Crippen molar-refractivity contribution in [3.8, 4) is 0 Å². The zero-order valence-electron chi connectivity index (χ0n) is 8.90. The van der Waals surface area contributed by atoms with E-state index in [4.69, 9.17) is 0 Å². The number of aromatic amines is 1. The Bertz CT molecular complexity index is 478. The van der Waals surface area contributed by atoms with E-state index in [0.29, 0.717) is 11.4 Å². The fourth-order valence-electron chi connectivity index (χ4n) is 1.37. The maximum Gasteiger partial charge on any atom is 0.258 e. The van der Waals surface area contributed by atoms with Crippen LogP contribution >= 0.6 is 0 Å². The summed E-state index contributed by atoms with van der Waals surface area (Å²) in [5, 5.41) is 9.40. The van der Waals surface area contributed by atoms with Crippen molar-refractivity contribution in [1.29, 1.82) is 0 Å². The van der Waals surface area contributed by atoms with Crippen LogP contribution < -0.4 is 5.32 Å². The Morgan fingerprint density at radius 1 is 1.50 bits per heavy atom. The molecule has 5 heteroatoms. The molecule has 16 heavy (non-hydrogen) atoms. The number of aryl methyl sites for hydroxylation is 1. The molecule has 5 nitrogen and oxygen atoms in total. The Hall–Kier alpha value is -2.17. The molecular formula is C11H12N4O. The molecule has 2 aromatic rings. The predicted molar refractivity (Wildman–Crippen MR) is 60.2 cm³/mol. The number of hydrogen-bond acceptors (Lipinski definition) is 3. The van der Waals surface area contributed by atoms with Crippen molar-refractivity contribution in [2.24, 2.45) is 0 Å². The van der Waals surface area contributed by atoms with Crippen LogP contribution in [0, 0.1) is 0 Å². The van der Waals surface area contributed by atoms with Gasteiger partial charge in [-0.3, -0.25) is 14.9 Å². The smallest absolute Gasteiger partial charge is 0.258 e. The maximum absolute atomic E-state index is 11.8. The average molecular weight is 216 g/mol. The molecule has 1 amide bonds. The van der Waals surface area contributed by atoms with E-state index >= 15 is 0 Å². The van der Waals surface area contributed by atoms with Crippen molar-refractivity contribution in [2.45, 2.75) is 13.3 Å². The fourth-order valence-corrected chi connectivity index (χ4v) is 1.37. The largest absolute Gasteiger partial charge is 0.307 e. The molecule has 82 valence electrons. The van der Waals surface area contributed by atoms with Crippen LogP contribution in [0.3, 0.4) is 0 Å². The minimum absolute atomic E-state index is 0.188. The number of nitrogens with zero attached hydrogens (tertiary/aromatic N) is 2. The molecule has 0 radical (unpaired) electrons. The third-order valence-corrected chi connectivity index (χ3v) is 2.26. The summed E-state index contributed by atoms with van der Waals surface area (Å²) < 4.78 is 0. The summed E-state index contributed by atoms with van der Waals surface area (Å²) in [5.41, 5.74) is 1.51. The van der Waals surface area contributed by atoms with Crippen molar-refractivity contribution >= 4 is 11.7 Å². The topological polar surface area (TPSA) is 70.7 Å². The summed E-state index contributed by atoms with van der Waals surface area (Å²) in [6.07, 6.45) is 5.68. The van der Waals surface area contributed by atoms with Gasteiger partial charge in [-0.25, -0.2) is 0 Å². The van der Waals surface area contributed by atoms with E-state index in [-0.39, 0.29) is 5.91 Å². The number of carbonyl (C=O) groups is 1. The first-order valence-electron chi connectivity index (χ1n) is 5.05. The number of pyridine rings is 1. The first kappa shape index (κ1) is 10.4. The van der Waals surface area contributed by atoms with Gasteiger partial charge in [0, 0.05) is 18.0 Å². The predicted octanol–water partition coefficient (Wildman–Crippen LogP) is 1.62. The molecule has 0 saturated carbocycles. The first-order chi connectivity index (χ1) is 7.81.